The molecular weight excluding hydrogens is 218 g/mol. The van der Waals surface area contributed by atoms with E-state index in [0.717, 1.165) is 6.54 Å². The van der Waals surface area contributed by atoms with Gasteiger partial charge in [-0.15, -0.1) is 0 Å². The molecule has 0 spiro atoms. The Kier molecular flexibility index (Phi) is 5.40. The second-order valence-electron chi connectivity index (χ2n) is 5.92. The zero-order valence-corrected chi connectivity index (χ0v) is 13.1. The van der Waals surface area contributed by atoms with Crippen molar-refractivity contribution in [2.75, 3.05) is 13.6 Å². The zero-order chi connectivity index (χ0) is 13.9. The van der Waals surface area contributed by atoms with Gasteiger partial charge < -0.3 is 5.32 Å². The number of nitrogens with one attached hydrogen (secondary N) is 1. The maximum absolute atomic E-state index is 3.29. The van der Waals surface area contributed by atoms with Crippen LogP contribution in [0.5, 0.6) is 0 Å². The summed E-state index contributed by atoms with van der Waals surface area (Å²) in [5.41, 5.74) is 7.45. The van der Waals surface area contributed by atoms with Gasteiger partial charge in [-0.2, -0.15) is 0 Å². The highest BCUT2D eigenvalue weighted by atomic mass is 14.8. The molecule has 1 unspecified atom stereocenters. The molecule has 0 radical (unpaired) electrons. The Bertz CT molecular complexity index is 378. The van der Waals surface area contributed by atoms with Crippen molar-refractivity contribution in [1.29, 1.82) is 0 Å². The van der Waals surface area contributed by atoms with E-state index in [2.05, 4.69) is 52.9 Å². The normalized spacial score (nSPS) is 13.1. The third-order valence-electron chi connectivity index (χ3n) is 4.30. The summed E-state index contributed by atoms with van der Waals surface area (Å²) in [6, 6.07) is 2.32. The van der Waals surface area contributed by atoms with Gasteiger partial charge in [0.1, 0.15) is 0 Å². The number of hydrogen-bond acceptors (Lipinski definition) is 1. The molecule has 1 heteroatoms. The van der Waals surface area contributed by atoms with Crippen LogP contribution >= 0.6 is 0 Å². The molecule has 0 aliphatic heterocycles. The van der Waals surface area contributed by atoms with Crippen LogP contribution < -0.4 is 5.32 Å². The molecule has 1 rings (SSSR count). The summed E-state index contributed by atoms with van der Waals surface area (Å²) in [6.45, 7) is 14.8. The summed E-state index contributed by atoms with van der Waals surface area (Å²) in [4.78, 5) is 0. The maximum atomic E-state index is 3.29. The predicted molar refractivity (Wildman–Crippen MR) is 81.5 cm³/mol. The molecule has 0 aliphatic rings. The molecule has 1 nitrogen and oxygen atoms in total. The molecule has 1 aromatic rings. The topological polar surface area (TPSA) is 12.0 Å². The Balaban J connectivity index is 3.26. The molecule has 0 bridgehead atoms. The molecule has 18 heavy (non-hydrogen) atoms. The van der Waals surface area contributed by atoms with Gasteiger partial charge in [-0.05, 0) is 87.4 Å². The average Bonchev–Trinajstić information content (AvgIpc) is 2.30. The van der Waals surface area contributed by atoms with E-state index in [4.69, 9.17) is 0 Å². The van der Waals surface area contributed by atoms with Crippen LogP contribution in [0.15, 0.2) is 6.07 Å². The quantitative estimate of drug-likeness (QED) is 0.819. The second kappa shape index (κ2) is 6.38. The molecule has 0 saturated heterocycles. The summed E-state index contributed by atoms with van der Waals surface area (Å²) in [5, 5.41) is 3.29. The van der Waals surface area contributed by atoms with Gasteiger partial charge in [-0.25, -0.2) is 0 Å². The Morgan fingerprint density at radius 2 is 1.50 bits per heavy atom. The first kappa shape index (κ1) is 15.2. The zero-order valence-electron chi connectivity index (χ0n) is 13.1. The molecule has 0 heterocycles. The largest absolute Gasteiger partial charge is 0.320 e. The number of hydrogen-bond donors (Lipinski definition) is 1. The smallest absolute Gasteiger partial charge is 0.00460 e. The van der Waals surface area contributed by atoms with Crippen LogP contribution in [-0.2, 0) is 0 Å². The third kappa shape index (κ3) is 3.14. The minimum Gasteiger partial charge on any atom is -0.320 e. The summed E-state index contributed by atoms with van der Waals surface area (Å²) < 4.78 is 0. The van der Waals surface area contributed by atoms with Gasteiger partial charge in [0, 0.05) is 0 Å². The minimum atomic E-state index is 0.663. The average molecular weight is 247 g/mol. The van der Waals surface area contributed by atoms with Crippen LogP contribution in [0, 0.1) is 33.6 Å². The van der Waals surface area contributed by atoms with E-state index in [1.165, 1.54) is 28.7 Å². The molecule has 102 valence electrons. The number of benzene rings is 1. The van der Waals surface area contributed by atoms with Crippen molar-refractivity contribution in [3.8, 4) is 0 Å². The highest BCUT2D eigenvalue weighted by molar-refractivity contribution is 5.46. The molecule has 1 N–H and O–H groups in total. The second-order valence-corrected chi connectivity index (χ2v) is 5.92. The lowest BCUT2D eigenvalue weighted by molar-refractivity contribution is 0.457. The van der Waals surface area contributed by atoms with Crippen LogP contribution in [-0.4, -0.2) is 13.6 Å². The first-order valence-electron chi connectivity index (χ1n) is 7.12. The highest BCUT2D eigenvalue weighted by Crippen LogP contribution is 2.35. The lowest BCUT2D eigenvalue weighted by Crippen LogP contribution is -2.18. The lowest BCUT2D eigenvalue weighted by atomic mass is 9.79. The van der Waals surface area contributed by atoms with E-state index >= 15 is 0 Å². The van der Waals surface area contributed by atoms with Gasteiger partial charge in [0.2, 0.25) is 0 Å². The summed E-state index contributed by atoms with van der Waals surface area (Å²) in [6.07, 6.45) is 1.22. The Labute approximate surface area is 113 Å². The molecule has 0 saturated carbocycles. The third-order valence-corrected chi connectivity index (χ3v) is 4.30. The molecule has 1 atom stereocenters. The number of rotatable bonds is 5. The van der Waals surface area contributed by atoms with E-state index in [9.17, 15) is 0 Å². The molecule has 0 aliphatic carbocycles. The van der Waals surface area contributed by atoms with Crippen LogP contribution in [0.4, 0.5) is 0 Å². The molecule has 0 fully saturated rings. The van der Waals surface area contributed by atoms with Crippen LogP contribution in [0.1, 0.15) is 54.0 Å². The fourth-order valence-corrected chi connectivity index (χ4v) is 2.91. The van der Waals surface area contributed by atoms with E-state index < -0.39 is 0 Å². The fourth-order valence-electron chi connectivity index (χ4n) is 2.91. The van der Waals surface area contributed by atoms with Crippen LogP contribution in [0.2, 0.25) is 0 Å². The van der Waals surface area contributed by atoms with Gasteiger partial charge in [-0.3, -0.25) is 0 Å². The highest BCUT2D eigenvalue weighted by Gasteiger charge is 2.21. The lowest BCUT2D eigenvalue weighted by Gasteiger charge is -2.27. The van der Waals surface area contributed by atoms with Crippen molar-refractivity contribution < 1.29 is 0 Å². The monoisotopic (exact) mass is 247 g/mol. The van der Waals surface area contributed by atoms with Crippen LogP contribution in [0.25, 0.3) is 0 Å². The minimum absolute atomic E-state index is 0.663. The van der Waals surface area contributed by atoms with Gasteiger partial charge in [0.25, 0.3) is 0 Å². The molecule has 0 amide bonds. The molecule has 0 aromatic heterocycles. The fraction of sp³-hybridized carbons (Fsp3) is 0.647. The van der Waals surface area contributed by atoms with Crippen molar-refractivity contribution in [3.63, 3.8) is 0 Å². The number of aryl methyl sites for hydroxylation is 2. The maximum Gasteiger partial charge on any atom is -0.00460 e. The Morgan fingerprint density at radius 3 is 1.89 bits per heavy atom. The SMILES string of the molecule is CNCCC(c1c(C)c(C)cc(C)c1C)C(C)C. The van der Waals surface area contributed by atoms with Crippen molar-refractivity contribution in [1.82, 2.24) is 5.32 Å². The first-order valence-corrected chi connectivity index (χ1v) is 7.12. The van der Waals surface area contributed by atoms with Crippen molar-refractivity contribution >= 4 is 0 Å². The van der Waals surface area contributed by atoms with Gasteiger partial charge in [0.15, 0.2) is 0 Å². The van der Waals surface area contributed by atoms with Gasteiger partial charge in [-0.1, -0.05) is 19.9 Å². The van der Waals surface area contributed by atoms with Gasteiger partial charge >= 0.3 is 0 Å². The van der Waals surface area contributed by atoms with Crippen molar-refractivity contribution in [2.24, 2.45) is 5.92 Å². The molecule has 1 aromatic carbocycles. The standard InChI is InChI=1S/C17H29N/c1-11(2)16(8-9-18-7)17-14(5)12(3)10-13(4)15(17)6/h10-11,16,18H,8-9H2,1-7H3. The van der Waals surface area contributed by atoms with Crippen molar-refractivity contribution in [2.45, 2.75) is 53.9 Å². The van der Waals surface area contributed by atoms with E-state index in [1.807, 2.05) is 7.05 Å². The Hall–Kier alpha value is -0.820. The predicted octanol–water partition coefficient (Wildman–Crippen LogP) is 4.27. The van der Waals surface area contributed by atoms with E-state index in [-0.39, 0.29) is 0 Å². The van der Waals surface area contributed by atoms with Gasteiger partial charge in [0.05, 0.1) is 0 Å². The van der Waals surface area contributed by atoms with Crippen LogP contribution in [0.3, 0.4) is 0 Å². The first-order chi connectivity index (χ1) is 8.40. The summed E-state index contributed by atoms with van der Waals surface area (Å²) in [7, 11) is 2.04. The summed E-state index contributed by atoms with van der Waals surface area (Å²) in [5.74, 6) is 1.35. The van der Waals surface area contributed by atoms with E-state index in [0.29, 0.717) is 11.8 Å². The van der Waals surface area contributed by atoms with Crippen molar-refractivity contribution in [3.05, 3.63) is 33.9 Å². The molecular formula is C17H29N. The Morgan fingerprint density at radius 1 is 1.00 bits per heavy atom. The van der Waals surface area contributed by atoms with E-state index in [1.54, 1.807) is 5.56 Å². The summed E-state index contributed by atoms with van der Waals surface area (Å²) >= 11 is 0.